The second-order valence-corrected chi connectivity index (χ2v) is 10.9. The number of carbonyl (C=O) groups excluding carboxylic acids is 2. The van der Waals surface area contributed by atoms with Crippen LogP contribution in [0, 0.1) is 11.8 Å². The Morgan fingerprint density at radius 2 is 1.86 bits per heavy atom. The fourth-order valence-electron chi connectivity index (χ4n) is 6.16. The van der Waals surface area contributed by atoms with E-state index in [1.54, 1.807) is 18.5 Å². The minimum absolute atomic E-state index is 0. The highest BCUT2D eigenvalue weighted by Crippen LogP contribution is 2.43. The Hall–Kier alpha value is -1.88. The number of aliphatic hydroxyl groups is 1. The highest BCUT2D eigenvalue weighted by Gasteiger charge is 2.52. The van der Waals surface area contributed by atoms with Crippen molar-refractivity contribution < 1.29 is 40.9 Å². The van der Waals surface area contributed by atoms with Crippen molar-refractivity contribution in [2.75, 3.05) is 31.5 Å². The van der Waals surface area contributed by atoms with Crippen molar-refractivity contribution in [3.8, 4) is 0 Å². The second-order valence-electron chi connectivity index (χ2n) is 10.1. The van der Waals surface area contributed by atoms with Crippen LogP contribution in [0.4, 0.5) is 5.95 Å². The van der Waals surface area contributed by atoms with Crippen molar-refractivity contribution in [1.82, 2.24) is 9.97 Å². The van der Waals surface area contributed by atoms with E-state index in [0.717, 1.165) is 58.0 Å². The molecular weight excluding hydrogens is 532 g/mol. The zero-order valence-electron chi connectivity index (χ0n) is 19.8. The number of anilines is 1. The Labute approximate surface area is 220 Å². The lowest BCUT2D eigenvalue weighted by atomic mass is 9.74. The third-order valence-corrected chi connectivity index (χ3v) is 8.75. The van der Waals surface area contributed by atoms with Gasteiger partial charge in [0.25, 0.3) is 5.91 Å². The van der Waals surface area contributed by atoms with E-state index in [4.69, 9.17) is 4.74 Å². The Balaban J connectivity index is 0.00000289. The van der Waals surface area contributed by atoms with Crippen molar-refractivity contribution in [3.63, 3.8) is 0 Å². The summed E-state index contributed by atoms with van der Waals surface area (Å²) in [7, 11) is 0. The third-order valence-electron chi connectivity index (χ3n) is 8.06. The van der Waals surface area contributed by atoms with E-state index in [9.17, 15) is 14.7 Å². The second kappa shape index (κ2) is 11.0. The van der Waals surface area contributed by atoms with Crippen LogP contribution in [0.25, 0.3) is 0 Å². The van der Waals surface area contributed by atoms with E-state index in [1.165, 1.54) is 11.3 Å². The molecule has 2 atom stereocenters. The highest BCUT2D eigenvalue weighted by molar-refractivity contribution is 7.08. The molecule has 4 fully saturated rings. The summed E-state index contributed by atoms with van der Waals surface area (Å²) in [5, 5.41) is 18.3. The van der Waals surface area contributed by atoms with Crippen molar-refractivity contribution in [1.29, 1.82) is 0 Å². The molecule has 1 aliphatic carbocycles. The van der Waals surface area contributed by atoms with Gasteiger partial charge in [0.2, 0.25) is 5.95 Å². The van der Waals surface area contributed by atoms with Crippen LogP contribution in [0.15, 0.2) is 35.3 Å². The Kier molecular flexibility index (Phi) is 8.25. The van der Waals surface area contributed by atoms with Gasteiger partial charge in [-0.05, 0) is 35.7 Å². The molecule has 3 saturated heterocycles. The van der Waals surface area contributed by atoms with Crippen molar-refractivity contribution in [2.24, 2.45) is 11.8 Å². The molecule has 190 valence electrons. The number of nitrogens with one attached hydrogen (secondary N) is 1. The van der Waals surface area contributed by atoms with Crippen LogP contribution in [-0.2, 0) is 19.9 Å². The molecule has 1 saturated carbocycles. The Bertz CT molecular complexity index is 994. The van der Waals surface area contributed by atoms with Gasteiger partial charge in [-0.25, -0.2) is 14.8 Å². The minimum atomic E-state index is -1.60. The maximum absolute atomic E-state index is 13.6. The smallest absolute Gasteiger partial charge is 0.343 e. The fourth-order valence-corrected chi connectivity index (χ4v) is 6.87. The first-order valence-electron chi connectivity index (χ1n) is 12.4. The van der Waals surface area contributed by atoms with E-state index in [2.05, 4.69) is 15.3 Å². The molecule has 8 nitrogen and oxygen atoms in total. The van der Waals surface area contributed by atoms with Crippen LogP contribution in [0.2, 0.25) is 0 Å². The van der Waals surface area contributed by atoms with Gasteiger partial charge in [0.05, 0.1) is 13.1 Å². The molecule has 1 amide bonds. The summed E-state index contributed by atoms with van der Waals surface area (Å²) in [5.74, 6) is -0.189. The van der Waals surface area contributed by atoms with Gasteiger partial charge in [0.1, 0.15) is 6.54 Å². The highest BCUT2D eigenvalue weighted by atomic mass is 79.9. The molecule has 2 N–H and O–H groups in total. The topological polar surface area (TPSA) is 101 Å². The molecule has 2 bridgehead atoms. The molecule has 35 heavy (non-hydrogen) atoms. The summed E-state index contributed by atoms with van der Waals surface area (Å²) in [5.41, 5.74) is -0.943. The summed E-state index contributed by atoms with van der Waals surface area (Å²) < 4.78 is 6.73. The molecule has 0 aromatic carbocycles. The molecule has 2 aromatic heterocycles. The van der Waals surface area contributed by atoms with Crippen LogP contribution >= 0.6 is 11.3 Å². The van der Waals surface area contributed by atoms with E-state index >= 15 is 0 Å². The number of halogens is 1. The van der Waals surface area contributed by atoms with Crippen LogP contribution in [0.3, 0.4) is 0 Å². The lowest BCUT2D eigenvalue weighted by Crippen LogP contribution is -3.00. The molecular formula is C25H33BrN4O4S. The molecule has 2 aromatic rings. The van der Waals surface area contributed by atoms with Crippen molar-refractivity contribution >= 4 is 29.2 Å². The zero-order valence-corrected chi connectivity index (χ0v) is 22.2. The van der Waals surface area contributed by atoms with Gasteiger partial charge < -0.3 is 31.3 Å². The summed E-state index contributed by atoms with van der Waals surface area (Å²) in [4.78, 5) is 34.5. The van der Waals surface area contributed by atoms with Gasteiger partial charge >= 0.3 is 5.97 Å². The number of esters is 1. The van der Waals surface area contributed by atoms with Crippen LogP contribution in [0.1, 0.15) is 50.5 Å². The quantitative estimate of drug-likeness (QED) is 0.365. The Morgan fingerprint density at radius 3 is 2.51 bits per heavy atom. The largest absolute Gasteiger partial charge is 1.00 e. The zero-order chi connectivity index (χ0) is 23.6. The van der Waals surface area contributed by atoms with Gasteiger partial charge in [-0.15, -0.1) is 0 Å². The molecule has 0 spiro atoms. The molecule has 6 rings (SSSR count). The summed E-state index contributed by atoms with van der Waals surface area (Å²) in [6.45, 7) is 2.68. The first-order chi connectivity index (χ1) is 16.5. The van der Waals surface area contributed by atoms with E-state index in [1.807, 2.05) is 16.8 Å². The van der Waals surface area contributed by atoms with E-state index in [0.29, 0.717) is 29.1 Å². The van der Waals surface area contributed by atoms with Crippen LogP contribution in [-0.4, -0.2) is 63.7 Å². The summed E-state index contributed by atoms with van der Waals surface area (Å²) >= 11 is 1.49. The maximum atomic E-state index is 13.6. The number of quaternary nitrogens is 1. The van der Waals surface area contributed by atoms with Crippen molar-refractivity contribution in [2.45, 2.75) is 56.7 Å². The normalized spacial score (nSPS) is 27.9. The predicted molar refractivity (Wildman–Crippen MR) is 128 cm³/mol. The number of piperidine rings is 3. The monoisotopic (exact) mass is 564 g/mol. The minimum Gasteiger partial charge on any atom is -1.00 e. The average molecular weight is 566 g/mol. The average Bonchev–Trinajstić information content (AvgIpc) is 3.40. The summed E-state index contributed by atoms with van der Waals surface area (Å²) in [6, 6.07) is 3.55. The van der Waals surface area contributed by atoms with Crippen molar-refractivity contribution in [3.05, 3.63) is 40.8 Å². The first-order valence-corrected chi connectivity index (χ1v) is 13.3. The number of hydrogen-bond donors (Lipinski definition) is 2. The lowest BCUT2D eigenvalue weighted by molar-refractivity contribution is -0.939. The molecule has 4 aliphatic rings. The van der Waals surface area contributed by atoms with Gasteiger partial charge in [-0.1, -0.05) is 19.3 Å². The number of aromatic nitrogens is 2. The lowest BCUT2D eigenvalue weighted by Gasteiger charge is -2.52. The third kappa shape index (κ3) is 5.45. The molecule has 10 heteroatoms. The number of hydrogen-bond acceptors (Lipinski definition) is 7. The van der Waals surface area contributed by atoms with E-state index < -0.39 is 11.6 Å². The van der Waals surface area contributed by atoms with Gasteiger partial charge in [0.15, 0.2) is 18.2 Å². The number of fused-ring (bicyclic) bond motifs is 3. The van der Waals surface area contributed by atoms with Crippen LogP contribution in [0.5, 0.6) is 0 Å². The molecule has 1 unspecified atom stereocenters. The van der Waals surface area contributed by atoms with Gasteiger partial charge in [-0.3, -0.25) is 10.1 Å². The number of ether oxygens (including phenoxy) is 1. The predicted octanol–water partition coefficient (Wildman–Crippen LogP) is 0.101. The number of nitrogens with zero attached hydrogens (tertiary/aromatic N) is 3. The number of rotatable bonds is 7. The Morgan fingerprint density at radius 1 is 1.14 bits per heavy atom. The first kappa shape index (κ1) is 26.2. The molecule has 0 radical (unpaired) electrons. The molecule has 3 aliphatic heterocycles. The van der Waals surface area contributed by atoms with Gasteiger partial charge in [-0.2, -0.15) is 11.3 Å². The summed E-state index contributed by atoms with van der Waals surface area (Å²) in [6.07, 6.45) is 9.58. The SMILES string of the molecule is O=C(C[N+]12CCC(CC1)[C@@H](OC(=O)C(O)(c1ccsc1)C1CCCCC1)C2)Nc1ncccn1.[Br-]. The van der Waals surface area contributed by atoms with Crippen LogP contribution < -0.4 is 22.3 Å². The number of amides is 1. The fraction of sp³-hybridized carbons (Fsp3) is 0.600. The number of carbonyl (C=O) groups is 2. The maximum Gasteiger partial charge on any atom is 0.343 e. The standard InChI is InChI=1S/C25H32N4O4S.BrH/c30-22(28-24-26-10-4-11-27-24)16-29-12-7-18(8-13-29)21(15-29)33-23(31)25(32,20-9-14-34-17-20)19-5-2-1-3-6-19;/h4,9-11,14,17-19,21,32H,1-3,5-8,12-13,15-16H2;1H/t18?,21-,25?,29?;/m0./s1. The number of thiophene rings is 1. The van der Waals surface area contributed by atoms with Gasteiger partial charge in [0, 0.05) is 42.6 Å². The molecule has 5 heterocycles. The van der Waals surface area contributed by atoms with E-state index in [-0.39, 0.29) is 40.8 Å².